The molecule has 0 amide bonds. The Hall–Kier alpha value is -7.21. The van der Waals surface area contributed by atoms with Gasteiger partial charge in [-0.1, -0.05) is 152 Å². The van der Waals surface area contributed by atoms with Gasteiger partial charge in [0.25, 0.3) is 0 Å². The highest BCUT2D eigenvalue weighted by Crippen LogP contribution is 2.37. The first-order valence-electron chi connectivity index (χ1n) is 16.2. The van der Waals surface area contributed by atoms with Gasteiger partial charge < -0.3 is 0 Å². The number of hydrogen-bond donors (Lipinski definition) is 0. The van der Waals surface area contributed by atoms with E-state index in [0.29, 0.717) is 34.2 Å². The van der Waals surface area contributed by atoms with E-state index in [1.165, 1.54) is 0 Å². The standard InChI is InChI=1S/C45H27N5/c46-28-36-14-7-15-37(29-47)42(36)32-24-20-30(21-25-32)38-16-8-19-41-39(17-9-18-40(38)41)31-22-26-35(27-23-31)45-49-43(33-10-3-1-4-11-33)48-44(50-45)34-12-5-2-6-13-34/h1-27H. The van der Waals surface area contributed by atoms with E-state index in [9.17, 15) is 10.5 Å². The molecule has 0 aliphatic heterocycles. The topological polar surface area (TPSA) is 86.2 Å². The lowest BCUT2D eigenvalue weighted by Crippen LogP contribution is -2.00. The third-order valence-corrected chi connectivity index (χ3v) is 8.87. The second kappa shape index (κ2) is 13.1. The molecule has 50 heavy (non-hydrogen) atoms. The quantitative estimate of drug-likeness (QED) is 0.181. The molecule has 0 N–H and O–H groups in total. The Kier molecular flexibility index (Phi) is 7.91. The lowest BCUT2D eigenvalue weighted by atomic mass is 9.91. The van der Waals surface area contributed by atoms with Gasteiger partial charge in [0.2, 0.25) is 0 Å². The van der Waals surface area contributed by atoms with Gasteiger partial charge in [0, 0.05) is 22.3 Å². The first-order valence-corrected chi connectivity index (χ1v) is 16.2. The van der Waals surface area contributed by atoms with Gasteiger partial charge in [-0.3, -0.25) is 0 Å². The zero-order valence-electron chi connectivity index (χ0n) is 26.8. The Morgan fingerprint density at radius 3 is 1.10 bits per heavy atom. The van der Waals surface area contributed by atoms with E-state index in [4.69, 9.17) is 15.0 Å². The van der Waals surface area contributed by atoms with Crippen molar-refractivity contribution < 1.29 is 0 Å². The fraction of sp³-hybridized carbons (Fsp3) is 0. The van der Waals surface area contributed by atoms with Crippen LogP contribution in [0.5, 0.6) is 0 Å². The molecule has 7 aromatic carbocycles. The first-order chi connectivity index (χ1) is 24.7. The summed E-state index contributed by atoms with van der Waals surface area (Å²) in [6, 6.07) is 58.9. The lowest BCUT2D eigenvalue weighted by Gasteiger charge is -2.13. The van der Waals surface area contributed by atoms with Crippen LogP contribution in [0.1, 0.15) is 11.1 Å². The molecule has 5 nitrogen and oxygen atoms in total. The molecule has 1 heterocycles. The molecular formula is C45H27N5. The molecule has 0 fully saturated rings. The molecule has 0 aliphatic carbocycles. The molecular weight excluding hydrogens is 611 g/mol. The van der Waals surface area contributed by atoms with E-state index in [2.05, 4.69) is 84.9 Å². The fourth-order valence-corrected chi connectivity index (χ4v) is 6.42. The predicted molar refractivity (Wildman–Crippen MR) is 199 cm³/mol. The zero-order chi connectivity index (χ0) is 33.9. The van der Waals surface area contributed by atoms with Crippen LogP contribution in [0.2, 0.25) is 0 Å². The summed E-state index contributed by atoms with van der Waals surface area (Å²) in [4.78, 5) is 14.6. The van der Waals surface area contributed by atoms with E-state index < -0.39 is 0 Å². The molecule has 0 spiro atoms. The van der Waals surface area contributed by atoms with Crippen LogP contribution in [0.3, 0.4) is 0 Å². The van der Waals surface area contributed by atoms with Gasteiger partial charge in [-0.2, -0.15) is 10.5 Å². The number of rotatable bonds is 6. The van der Waals surface area contributed by atoms with Crippen LogP contribution in [-0.4, -0.2) is 15.0 Å². The van der Waals surface area contributed by atoms with Crippen LogP contribution >= 0.6 is 0 Å². The van der Waals surface area contributed by atoms with Crippen LogP contribution in [-0.2, 0) is 0 Å². The van der Waals surface area contributed by atoms with Crippen molar-refractivity contribution >= 4 is 10.8 Å². The molecule has 0 aliphatic rings. The van der Waals surface area contributed by atoms with Crippen LogP contribution < -0.4 is 0 Å². The zero-order valence-corrected chi connectivity index (χ0v) is 26.8. The van der Waals surface area contributed by atoms with Crippen LogP contribution in [0.25, 0.3) is 78.3 Å². The Balaban J connectivity index is 1.15. The van der Waals surface area contributed by atoms with Crippen molar-refractivity contribution in [2.45, 2.75) is 0 Å². The van der Waals surface area contributed by atoms with Gasteiger partial charge in [0.15, 0.2) is 17.5 Å². The molecule has 0 saturated carbocycles. The molecule has 8 rings (SSSR count). The number of benzene rings is 7. The average Bonchev–Trinajstić information content (AvgIpc) is 3.20. The summed E-state index contributed by atoms with van der Waals surface area (Å²) < 4.78 is 0. The maximum Gasteiger partial charge on any atom is 0.164 e. The number of fused-ring (bicyclic) bond motifs is 1. The minimum atomic E-state index is 0.487. The second-order valence-corrected chi connectivity index (χ2v) is 11.9. The third-order valence-electron chi connectivity index (χ3n) is 8.87. The van der Waals surface area contributed by atoms with Crippen molar-refractivity contribution in [1.29, 1.82) is 10.5 Å². The van der Waals surface area contributed by atoms with Gasteiger partial charge in [0.1, 0.15) is 0 Å². The Morgan fingerprint density at radius 1 is 0.320 bits per heavy atom. The molecule has 0 atom stereocenters. The number of nitrogens with zero attached hydrogens (tertiary/aromatic N) is 5. The summed E-state index contributed by atoms with van der Waals surface area (Å²) in [5, 5.41) is 21.6. The Bertz CT molecular complexity index is 2490. The van der Waals surface area contributed by atoms with Crippen molar-refractivity contribution in [2.24, 2.45) is 0 Å². The van der Waals surface area contributed by atoms with E-state index in [-0.39, 0.29) is 0 Å². The maximum atomic E-state index is 9.68. The first kappa shape index (κ1) is 30.1. The summed E-state index contributed by atoms with van der Waals surface area (Å²) in [6.45, 7) is 0. The maximum absolute atomic E-state index is 9.68. The van der Waals surface area contributed by atoms with Crippen LogP contribution in [0.15, 0.2) is 164 Å². The predicted octanol–water partition coefficient (Wildman–Crippen LogP) is 10.8. The van der Waals surface area contributed by atoms with Crippen molar-refractivity contribution in [3.05, 3.63) is 175 Å². The smallest absolute Gasteiger partial charge is 0.164 e. The van der Waals surface area contributed by atoms with E-state index in [1.807, 2.05) is 72.8 Å². The Labute approximate surface area is 290 Å². The van der Waals surface area contributed by atoms with Crippen LogP contribution in [0, 0.1) is 22.7 Å². The van der Waals surface area contributed by atoms with Crippen molar-refractivity contribution in [1.82, 2.24) is 15.0 Å². The normalized spacial score (nSPS) is 10.8. The molecule has 1 aromatic heterocycles. The number of aromatic nitrogens is 3. The van der Waals surface area contributed by atoms with Gasteiger partial charge >= 0.3 is 0 Å². The van der Waals surface area contributed by atoms with Gasteiger partial charge in [-0.05, 0) is 50.7 Å². The number of nitriles is 2. The molecule has 8 aromatic rings. The summed E-state index contributed by atoms with van der Waals surface area (Å²) in [6.07, 6.45) is 0. The fourth-order valence-electron chi connectivity index (χ4n) is 6.42. The Morgan fingerprint density at radius 2 is 0.680 bits per heavy atom. The SMILES string of the molecule is N#Cc1cccc(C#N)c1-c1ccc(-c2cccc3c(-c4ccc(-c5nc(-c6ccccc6)nc(-c6ccccc6)n5)cc4)cccc23)cc1. The molecule has 232 valence electrons. The molecule has 0 unspecified atom stereocenters. The number of hydrogen-bond acceptors (Lipinski definition) is 5. The highest BCUT2D eigenvalue weighted by molar-refractivity contribution is 6.04. The second-order valence-electron chi connectivity index (χ2n) is 11.9. The van der Waals surface area contributed by atoms with Crippen LogP contribution in [0.4, 0.5) is 0 Å². The largest absolute Gasteiger partial charge is 0.208 e. The molecule has 0 bridgehead atoms. The molecule has 5 heteroatoms. The average molecular weight is 638 g/mol. The van der Waals surface area contributed by atoms with Crippen molar-refractivity contribution in [2.75, 3.05) is 0 Å². The van der Waals surface area contributed by atoms with Crippen molar-refractivity contribution in [3.63, 3.8) is 0 Å². The summed E-state index contributed by atoms with van der Waals surface area (Å²) in [5.74, 6) is 1.88. The lowest BCUT2D eigenvalue weighted by molar-refractivity contribution is 1.07. The van der Waals surface area contributed by atoms with Gasteiger partial charge in [0.05, 0.1) is 23.3 Å². The van der Waals surface area contributed by atoms with Gasteiger partial charge in [-0.15, -0.1) is 0 Å². The van der Waals surface area contributed by atoms with E-state index in [0.717, 1.165) is 55.3 Å². The highest BCUT2D eigenvalue weighted by atomic mass is 15.0. The van der Waals surface area contributed by atoms with E-state index in [1.54, 1.807) is 18.2 Å². The van der Waals surface area contributed by atoms with Gasteiger partial charge in [-0.25, -0.2) is 15.0 Å². The highest BCUT2D eigenvalue weighted by Gasteiger charge is 2.15. The third kappa shape index (κ3) is 5.66. The summed E-state index contributed by atoms with van der Waals surface area (Å²) in [5.41, 5.74) is 9.63. The minimum absolute atomic E-state index is 0.487. The summed E-state index contributed by atoms with van der Waals surface area (Å²) >= 11 is 0. The summed E-state index contributed by atoms with van der Waals surface area (Å²) in [7, 11) is 0. The molecule has 0 saturated heterocycles. The van der Waals surface area contributed by atoms with Crippen molar-refractivity contribution in [3.8, 4) is 79.7 Å². The monoisotopic (exact) mass is 637 g/mol. The minimum Gasteiger partial charge on any atom is -0.208 e. The van der Waals surface area contributed by atoms with E-state index >= 15 is 0 Å². The molecule has 0 radical (unpaired) electrons.